The summed E-state index contributed by atoms with van der Waals surface area (Å²) in [5.41, 5.74) is 3.97. The molecule has 0 spiro atoms. The maximum atomic E-state index is 13.6. The number of allylic oxidation sites excluding steroid dienone is 1. The zero-order valence-corrected chi connectivity index (χ0v) is 16.7. The van der Waals surface area contributed by atoms with Gasteiger partial charge in [-0.1, -0.05) is 72.8 Å². The lowest BCUT2D eigenvalue weighted by Gasteiger charge is -2.35. The lowest BCUT2D eigenvalue weighted by Crippen LogP contribution is -2.43. The van der Waals surface area contributed by atoms with Crippen LogP contribution in [-0.4, -0.2) is 11.3 Å². The smallest absolute Gasteiger partial charge is 0.189 e. The largest absolute Gasteiger partial charge is 0.379 e. The molecule has 0 saturated heterocycles. The van der Waals surface area contributed by atoms with Crippen molar-refractivity contribution in [3.63, 3.8) is 0 Å². The Labute approximate surface area is 170 Å². The third-order valence-corrected chi connectivity index (χ3v) is 5.71. The second-order valence-corrected chi connectivity index (χ2v) is 8.46. The number of benzene rings is 4. The van der Waals surface area contributed by atoms with Gasteiger partial charge in [-0.2, -0.15) is 0 Å². The number of carbonyl (C=O) groups is 1. The summed E-state index contributed by atoms with van der Waals surface area (Å²) in [7, 11) is 0. The summed E-state index contributed by atoms with van der Waals surface area (Å²) < 4.78 is 0. The standard InChI is InChI=1S/C27H23NO/c1-27(2)17-20-11-5-6-12-21(20)24(28-27)16-25(29)26-22-13-7-3-9-18(22)15-19-10-4-8-14-23(19)26/h3-16,28H,17H2,1-2H3/b24-16-. The highest BCUT2D eigenvalue weighted by Crippen LogP contribution is 2.32. The van der Waals surface area contributed by atoms with Crippen molar-refractivity contribution in [1.82, 2.24) is 5.32 Å². The normalized spacial score (nSPS) is 16.6. The van der Waals surface area contributed by atoms with Crippen molar-refractivity contribution in [3.8, 4) is 0 Å². The molecule has 0 unspecified atom stereocenters. The van der Waals surface area contributed by atoms with Gasteiger partial charge in [0.25, 0.3) is 0 Å². The zero-order valence-electron chi connectivity index (χ0n) is 16.7. The molecule has 2 heteroatoms. The van der Waals surface area contributed by atoms with Crippen LogP contribution >= 0.6 is 0 Å². The van der Waals surface area contributed by atoms with E-state index < -0.39 is 0 Å². The summed E-state index contributed by atoms with van der Waals surface area (Å²) in [4.78, 5) is 13.6. The summed E-state index contributed by atoms with van der Waals surface area (Å²) in [6.45, 7) is 4.35. The lowest BCUT2D eigenvalue weighted by molar-refractivity contribution is 0.105. The summed E-state index contributed by atoms with van der Waals surface area (Å²) in [6, 6.07) is 26.8. The van der Waals surface area contributed by atoms with Crippen LogP contribution in [0.25, 0.3) is 27.2 Å². The number of fused-ring (bicyclic) bond motifs is 3. The highest BCUT2D eigenvalue weighted by atomic mass is 16.1. The van der Waals surface area contributed by atoms with Gasteiger partial charge in [0.15, 0.2) is 5.78 Å². The summed E-state index contributed by atoms with van der Waals surface area (Å²) in [6.07, 6.45) is 2.72. The predicted molar refractivity (Wildman–Crippen MR) is 121 cm³/mol. The van der Waals surface area contributed by atoms with Gasteiger partial charge in [-0.15, -0.1) is 0 Å². The van der Waals surface area contributed by atoms with E-state index in [0.29, 0.717) is 0 Å². The van der Waals surface area contributed by atoms with Crippen molar-refractivity contribution in [1.29, 1.82) is 0 Å². The van der Waals surface area contributed by atoms with Gasteiger partial charge >= 0.3 is 0 Å². The molecule has 142 valence electrons. The summed E-state index contributed by atoms with van der Waals surface area (Å²) in [5, 5.41) is 7.76. The molecular formula is C27H23NO. The van der Waals surface area contributed by atoms with Crippen molar-refractivity contribution >= 4 is 33.0 Å². The molecule has 0 aliphatic carbocycles. The van der Waals surface area contributed by atoms with E-state index >= 15 is 0 Å². The Morgan fingerprint density at radius 1 is 0.862 bits per heavy atom. The third-order valence-electron chi connectivity index (χ3n) is 5.71. The first-order valence-corrected chi connectivity index (χ1v) is 10.0. The second kappa shape index (κ2) is 6.59. The quantitative estimate of drug-likeness (QED) is 0.258. The fourth-order valence-electron chi connectivity index (χ4n) is 4.49. The fourth-order valence-corrected chi connectivity index (χ4v) is 4.49. The number of ketones is 1. The van der Waals surface area contributed by atoms with E-state index in [0.717, 1.165) is 44.8 Å². The van der Waals surface area contributed by atoms with Crippen molar-refractivity contribution < 1.29 is 4.79 Å². The molecule has 1 aliphatic rings. The van der Waals surface area contributed by atoms with Gasteiger partial charge in [-0.05, 0) is 53.4 Å². The molecule has 0 radical (unpaired) electrons. The summed E-state index contributed by atoms with van der Waals surface area (Å²) >= 11 is 0. The molecule has 0 aromatic heterocycles. The van der Waals surface area contributed by atoms with Crippen LogP contribution < -0.4 is 5.32 Å². The molecule has 5 rings (SSSR count). The Kier molecular flexibility index (Phi) is 4.02. The number of rotatable bonds is 2. The van der Waals surface area contributed by atoms with Crippen LogP contribution in [0.5, 0.6) is 0 Å². The van der Waals surface area contributed by atoms with E-state index in [1.807, 2.05) is 42.5 Å². The number of hydrogen-bond acceptors (Lipinski definition) is 2. The molecule has 0 fully saturated rings. The van der Waals surface area contributed by atoms with Crippen molar-refractivity contribution in [2.75, 3.05) is 0 Å². The van der Waals surface area contributed by atoms with E-state index in [1.165, 1.54) is 5.56 Å². The van der Waals surface area contributed by atoms with Crippen LogP contribution in [0.4, 0.5) is 0 Å². The Balaban J connectivity index is 1.73. The van der Waals surface area contributed by atoms with Gasteiger partial charge in [-0.25, -0.2) is 0 Å². The fraction of sp³-hybridized carbons (Fsp3) is 0.148. The number of nitrogens with one attached hydrogen (secondary N) is 1. The molecule has 1 aliphatic heterocycles. The average molecular weight is 377 g/mol. The zero-order chi connectivity index (χ0) is 20.0. The molecule has 4 aromatic carbocycles. The van der Waals surface area contributed by atoms with E-state index in [-0.39, 0.29) is 11.3 Å². The SMILES string of the molecule is CC1(C)Cc2ccccc2/C(=C/C(=O)c2c3ccccc3cc3ccccc23)N1. The van der Waals surface area contributed by atoms with E-state index in [4.69, 9.17) is 0 Å². The highest BCUT2D eigenvalue weighted by Gasteiger charge is 2.28. The van der Waals surface area contributed by atoms with E-state index in [1.54, 1.807) is 6.08 Å². The van der Waals surface area contributed by atoms with Crippen LogP contribution in [0.2, 0.25) is 0 Å². The van der Waals surface area contributed by atoms with Crippen molar-refractivity contribution in [2.45, 2.75) is 25.8 Å². The molecule has 0 bridgehead atoms. The second-order valence-electron chi connectivity index (χ2n) is 8.46. The maximum absolute atomic E-state index is 13.6. The number of carbonyl (C=O) groups excluding carboxylic acids is 1. The highest BCUT2D eigenvalue weighted by molar-refractivity contribution is 6.23. The van der Waals surface area contributed by atoms with E-state index in [2.05, 4.69) is 55.6 Å². The van der Waals surface area contributed by atoms with Crippen molar-refractivity contribution in [2.24, 2.45) is 0 Å². The maximum Gasteiger partial charge on any atom is 0.189 e. The Morgan fingerprint density at radius 2 is 1.45 bits per heavy atom. The first-order valence-electron chi connectivity index (χ1n) is 10.0. The van der Waals surface area contributed by atoms with Gasteiger partial charge in [0.1, 0.15) is 0 Å². The average Bonchev–Trinajstić information content (AvgIpc) is 2.71. The van der Waals surface area contributed by atoms with Crippen LogP contribution in [0.3, 0.4) is 0 Å². The van der Waals surface area contributed by atoms with Gasteiger partial charge < -0.3 is 5.32 Å². The molecule has 0 atom stereocenters. The van der Waals surface area contributed by atoms with Crippen LogP contribution in [0.1, 0.15) is 35.3 Å². The minimum absolute atomic E-state index is 0.0352. The minimum Gasteiger partial charge on any atom is -0.379 e. The molecule has 0 saturated carbocycles. The topological polar surface area (TPSA) is 29.1 Å². The molecule has 1 N–H and O–H groups in total. The Morgan fingerprint density at radius 3 is 2.14 bits per heavy atom. The summed E-state index contributed by atoms with van der Waals surface area (Å²) in [5.74, 6) is 0.0352. The van der Waals surface area contributed by atoms with Crippen LogP contribution in [0, 0.1) is 0 Å². The molecule has 1 heterocycles. The van der Waals surface area contributed by atoms with Crippen molar-refractivity contribution in [3.05, 3.63) is 102 Å². The van der Waals surface area contributed by atoms with Gasteiger partial charge in [0.2, 0.25) is 0 Å². The Hall–Kier alpha value is -3.39. The molecule has 2 nitrogen and oxygen atoms in total. The first-order chi connectivity index (χ1) is 14.0. The molecule has 0 amide bonds. The van der Waals surface area contributed by atoms with Crippen LogP contribution in [-0.2, 0) is 6.42 Å². The molecule has 4 aromatic rings. The number of hydrogen-bond donors (Lipinski definition) is 1. The van der Waals surface area contributed by atoms with Gasteiger partial charge in [0.05, 0.1) is 0 Å². The predicted octanol–water partition coefficient (Wildman–Crippen LogP) is 6.14. The first kappa shape index (κ1) is 17.7. The van der Waals surface area contributed by atoms with Crippen LogP contribution in [0.15, 0.2) is 84.9 Å². The van der Waals surface area contributed by atoms with Gasteiger partial charge in [0, 0.05) is 28.4 Å². The molecule has 29 heavy (non-hydrogen) atoms. The minimum atomic E-state index is -0.0959. The molecular weight excluding hydrogens is 354 g/mol. The van der Waals surface area contributed by atoms with Gasteiger partial charge in [-0.3, -0.25) is 4.79 Å². The Bertz CT molecular complexity index is 1240. The lowest BCUT2D eigenvalue weighted by atomic mass is 9.85. The van der Waals surface area contributed by atoms with E-state index in [9.17, 15) is 4.79 Å². The monoisotopic (exact) mass is 377 g/mol. The third kappa shape index (κ3) is 3.11.